The SMILES string of the molecule is O=C(Nc1ccc(Cl)cc1)c1ccc(NS(=O)(=O)c2ccc(Cl)cc2)c(Cl)c1. The van der Waals surface area contributed by atoms with Gasteiger partial charge in [0.2, 0.25) is 0 Å². The number of hydrogen-bond donors (Lipinski definition) is 2. The van der Waals surface area contributed by atoms with E-state index in [1.54, 1.807) is 24.3 Å². The van der Waals surface area contributed by atoms with Crippen molar-refractivity contribution in [1.82, 2.24) is 0 Å². The van der Waals surface area contributed by atoms with Crippen LogP contribution in [0.5, 0.6) is 0 Å². The highest BCUT2D eigenvalue weighted by atomic mass is 35.5. The van der Waals surface area contributed by atoms with E-state index < -0.39 is 15.9 Å². The van der Waals surface area contributed by atoms with Crippen LogP contribution >= 0.6 is 34.8 Å². The average Bonchev–Trinajstić information content (AvgIpc) is 2.65. The smallest absolute Gasteiger partial charge is 0.261 e. The number of nitrogens with one attached hydrogen (secondary N) is 2. The van der Waals surface area contributed by atoms with Crippen LogP contribution in [0.15, 0.2) is 71.6 Å². The fraction of sp³-hybridized carbons (Fsp3) is 0. The predicted octanol–water partition coefficient (Wildman–Crippen LogP) is 5.70. The maximum absolute atomic E-state index is 12.4. The third-order valence-electron chi connectivity index (χ3n) is 3.70. The monoisotopic (exact) mass is 454 g/mol. The second kappa shape index (κ2) is 8.41. The van der Waals surface area contributed by atoms with Crippen molar-refractivity contribution in [2.45, 2.75) is 4.90 Å². The summed E-state index contributed by atoms with van der Waals surface area (Å²) in [6, 6.07) is 16.6. The summed E-state index contributed by atoms with van der Waals surface area (Å²) in [6.07, 6.45) is 0. The van der Waals surface area contributed by atoms with E-state index in [0.717, 1.165) is 0 Å². The van der Waals surface area contributed by atoms with Gasteiger partial charge in [-0.25, -0.2) is 8.42 Å². The van der Waals surface area contributed by atoms with Crippen molar-refractivity contribution in [2.75, 3.05) is 10.0 Å². The average molecular weight is 456 g/mol. The van der Waals surface area contributed by atoms with Gasteiger partial charge in [-0.05, 0) is 66.7 Å². The first-order chi connectivity index (χ1) is 13.2. The van der Waals surface area contributed by atoms with Gasteiger partial charge in [0.15, 0.2) is 0 Å². The Kier molecular flexibility index (Phi) is 6.15. The van der Waals surface area contributed by atoms with Gasteiger partial charge >= 0.3 is 0 Å². The highest BCUT2D eigenvalue weighted by molar-refractivity contribution is 7.92. The number of carbonyl (C=O) groups excluding carboxylic acids is 1. The zero-order valence-corrected chi connectivity index (χ0v) is 17.2. The fourth-order valence-electron chi connectivity index (χ4n) is 2.29. The number of carbonyl (C=O) groups is 1. The maximum Gasteiger partial charge on any atom is 0.261 e. The van der Waals surface area contributed by atoms with Crippen molar-refractivity contribution in [2.24, 2.45) is 0 Å². The Hall–Kier alpha value is -2.25. The van der Waals surface area contributed by atoms with Crippen molar-refractivity contribution in [3.63, 3.8) is 0 Å². The van der Waals surface area contributed by atoms with Gasteiger partial charge in [-0.15, -0.1) is 0 Å². The molecule has 0 fully saturated rings. The number of sulfonamides is 1. The molecule has 3 aromatic rings. The summed E-state index contributed by atoms with van der Waals surface area (Å²) in [6.45, 7) is 0. The van der Waals surface area contributed by atoms with Crippen LogP contribution in [-0.4, -0.2) is 14.3 Å². The lowest BCUT2D eigenvalue weighted by Gasteiger charge is -2.11. The number of anilines is 2. The molecular weight excluding hydrogens is 443 g/mol. The fourth-order valence-corrected chi connectivity index (χ4v) is 3.91. The van der Waals surface area contributed by atoms with E-state index in [1.807, 2.05) is 0 Å². The summed E-state index contributed by atoms with van der Waals surface area (Å²) >= 11 is 17.8. The van der Waals surface area contributed by atoms with E-state index in [0.29, 0.717) is 15.7 Å². The van der Waals surface area contributed by atoms with Gasteiger partial charge in [0.1, 0.15) is 0 Å². The van der Waals surface area contributed by atoms with Crippen molar-refractivity contribution in [3.05, 3.63) is 87.4 Å². The van der Waals surface area contributed by atoms with E-state index in [1.165, 1.54) is 42.5 Å². The number of hydrogen-bond acceptors (Lipinski definition) is 3. The number of amides is 1. The Balaban J connectivity index is 1.77. The molecule has 0 unspecified atom stereocenters. The molecule has 5 nitrogen and oxygen atoms in total. The number of rotatable bonds is 5. The lowest BCUT2D eigenvalue weighted by Crippen LogP contribution is -2.14. The van der Waals surface area contributed by atoms with Gasteiger partial charge in [0.25, 0.3) is 15.9 Å². The van der Waals surface area contributed by atoms with Gasteiger partial charge in [0.05, 0.1) is 15.6 Å². The van der Waals surface area contributed by atoms with E-state index in [-0.39, 0.29) is 21.2 Å². The summed E-state index contributed by atoms with van der Waals surface area (Å²) in [7, 11) is -3.84. The zero-order chi connectivity index (χ0) is 20.3. The Morgan fingerprint density at radius 2 is 1.36 bits per heavy atom. The minimum Gasteiger partial charge on any atom is -0.322 e. The first kappa shape index (κ1) is 20.5. The van der Waals surface area contributed by atoms with Crippen LogP contribution in [0.1, 0.15) is 10.4 Å². The largest absolute Gasteiger partial charge is 0.322 e. The highest BCUT2D eigenvalue weighted by Crippen LogP contribution is 2.27. The van der Waals surface area contributed by atoms with Crippen LogP contribution in [0.25, 0.3) is 0 Å². The molecular formula is C19H13Cl3N2O3S. The number of benzene rings is 3. The first-order valence-corrected chi connectivity index (χ1v) is 10.5. The van der Waals surface area contributed by atoms with Crippen LogP contribution in [0.4, 0.5) is 11.4 Å². The summed E-state index contributed by atoms with van der Waals surface area (Å²) in [5, 5.41) is 3.77. The maximum atomic E-state index is 12.4. The van der Waals surface area contributed by atoms with Crippen molar-refractivity contribution in [3.8, 4) is 0 Å². The first-order valence-electron chi connectivity index (χ1n) is 7.89. The molecule has 0 aromatic heterocycles. The Morgan fingerprint density at radius 1 is 0.786 bits per heavy atom. The second-order valence-electron chi connectivity index (χ2n) is 5.72. The third kappa shape index (κ3) is 4.97. The van der Waals surface area contributed by atoms with Gasteiger partial charge in [0, 0.05) is 21.3 Å². The van der Waals surface area contributed by atoms with Gasteiger partial charge in [-0.3, -0.25) is 9.52 Å². The molecule has 0 saturated carbocycles. The molecule has 3 aromatic carbocycles. The molecule has 0 radical (unpaired) electrons. The third-order valence-corrected chi connectivity index (χ3v) is 5.90. The molecule has 0 heterocycles. The van der Waals surface area contributed by atoms with Crippen LogP contribution in [0.2, 0.25) is 15.1 Å². The molecule has 3 rings (SSSR count). The molecule has 0 atom stereocenters. The standard InChI is InChI=1S/C19H13Cl3N2O3S/c20-13-2-6-15(7-3-13)23-19(25)12-1-10-18(17(22)11-12)24-28(26,27)16-8-4-14(21)5-9-16/h1-11,24H,(H,23,25). The van der Waals surface area contributed by atoms with Crippen LogP contribution in [0, 0.1) is 0 Å². The molecule has 2 N–H and O–H groups in total. The Morgan fingerprint density at radius 3 is 1.93 bits per heavy atom. The quantitative estimate of drug-likeness (QED) is 0.518. The van der Waals surface area contributed by atoms with E-state index in [4.69, 9.17) is 34.8 Å². The topological polar surface area (TPSA) is 75.3 Å². The summed E-state index contributed by atoms with van der Waals surface area (Å²) < 4.78 is 27.3. The second-order valence-corrected chi connectivity index (χ2v) is 8.68. The lowest BCUT2D eigenvalue weighted by atomic mass is 10.2. The predicted molar refractivity (Wildman–Crippen MR) is 113 cm³/mol. The zero-order valence-electron chi connectivity index (χ0n) is 14.1. The van der Waals surface area contributed by atoms with Gasteiger partial charge in [-0.1, -0.05) is 34.8 Å². The van der Waals surface area contributed by atoms with Crippen molar-refractivity contribution >= 4 is 62.1 Å². The highest BCUT2D eigenvalue weighted by Gasteiger charge is 2.17. The molecule has 144 valence electrons. The van der Waals surface area contributed by atoms with Crippen molar-refractivity contribution in [1.29, 1.82) is 0 Å². The Labute approximate surface area is 177 Å². The molecule has 0 aliphatic rings. The molecule has 0 saturated heterocycles. The van der Waals surface area contributed by atoms with Crippen LogP contribution < -0.4 is 10.0 Å². The summed E-state index contributed by atoms with van der Waals surface area (Å²) in [5.74, 6) is -0.392. The molecule has 28 heavy (non-hydrogen) atoms. The van der Waals surface area contributed by atoms with Crippen LogP contribution in [-0.2, 0) is 10.0 Å². The minimum atomic E-state index is -3.84. The molecule has 0 aliphatic carbocycles. The van der Waals surface area contributed by atoms with Gasteiger partial charge < -0.3 is 5.32 Å². The molecule has 0 bridgehead atoms. The van der Waals surface area contributed by atoms with Crippen LogP contribution in [0.3, 0.4) is 0 Å². The van der Waals surface area contributed by atoms with E-state index in [2.05, 4.69) is 10.0 Å². The summed E-state index contributed by atoms with van der Waals surface area (Å²) in [5.41, 5.74) is 0.993. The van der Waals surface area contributed by atoms with E-state index in [9.17, 15) is 13.2 Å². The number of halogens is 3. The molecule has 0 spiro atoms. The van der Waals surface area contributed by atoms with Crippen molar-refractivity contribution < 1.29 is 13.2 Å². The molecule has 9 heteroatoms. The molecule has 1 amide bonds. The normalized spacial score (nSPS) is 11.1. The lowest BCUT2D eigenvalue weighted by molar-refractivity contribution is 0.102. The van der Waals surface area contributed by atoms with Gasteiger partial charge in [-0.2, -0.15) is 0 Å². The minimum absolute atomic E-state index is 0.0394. The Bertz CT molecular complexity index is 1120. The summed E-state index contributed by atoms with van der Waals surface area (Å²) in [4.78, 5) is 12.4. The molecule has 0 aliphatic heterocycles. The van der Waals surface area contributed by atoms with E-state index >= 15 is 0 Å².